The Kier molecular flexibility index (Phi) is 5.55. The van der Waals surface area contributed by atoms with E-state index in [0.717, 1.165) is 0 Å². The van der Waals surface area contributed by atoms with Crippen LogP contribution in [0.1, 0.15) is 41.5 Å². The quantitative estimate of drug-likeness (QED) is 0.666. The first kappa shape index (κ1) is 18.4. The highest BCUT2D eigenvalue weighted by molar-refractivity contribution is 6.83. The maximum atomic E-state index is 6.28. The third-order valence-corrected chi connectivity index (χ3v) is 13.6. The molecule has 0 unspecified atom stereocenters. The second-order valence-corrected chi connectivity index (χ2v) is 17.8. The van der Waals surface area contributed by atoms with Crippen molar-refractivity contribution in [1.82, 2.24) is 0 Å². The standard InChI is InChI=1S/C13H33BO2Si2/c1-12(2,3)17(8,9)15-14(7)16-18(10,11)13(4,5)6/h1-11H3. The van der Waals surface area contributed by atoms with Crippen LogP contribution in [0.15, 0.2) is 0 Å². The average Bonchev–Trinajstić information content (AvgIpc) is 1.95. The van der Waals surface area contributed by atoms with E-state index in [2.05, 4.69) is 74.6 Å². The van der Waals surface area contributed by atoms with Gasteiger partial charge < -0.3 is 8.69 Å². The molecule has 0 N–H and O–H groups in total. The zero-order chi connectivity index (χ0) is 15.0. The van der Waals surface area contributed by atoms with E-state index in [1.54, 1.807) is 0 Å². The first-order valence-corrected chi connectivity index (χ1v) is 12.8. The first-order chi connectivity index (χ1) is 7.60. The van der Waals surface area contributed by atoms with E-state index in [-0.39, 0.29) is 17.2 Å². The summed E-state index contributed by atoms with van der Waals surface area (Å²) >= 11 is 0. The Morgan fingerprint density at radius 1 is 0.667 bits per heavy atom. The van der Waals surface area contributed by atoms with Gasteiger partial charge in [-0.05, 0) is 43.1 Å². The van der Waals surface area contributed by atoms with Gasteiger partial charge in [-0.15, -0.1) is 0 Å². The SMILES string of the molecule is CB(O[Si](C)(C)C(C)(C)C)O[Si](C)(C)C(C)(C)C. The van der Waals surface area contributed by atoms with Gasteiger partial charge in [-0.1, -0.05) is 41.5 Å². The molecule has 0 aliphatic rings. The summed E-state index contributed by atoms with van der Waals surface area (Å²) in [6, 6.07) is 0. The monoisotopic (exact) mass is 288 g/mol. The molecule has 108 valence electrons. The Hall–Kier alpha value is 0.419. The molecule has 2 nitrogen and oxygen atoms in total. The molecule has 0 aliphatic heterocycles. The molecule has 18 heavy (non-hydrogen) atoms. The van der Waals surface area contributed by atoms with Crippen LogP contribution in [0.3, 0.4) is 0 Å². The van der Waals surface area contributed by atoms with E-state index in [9.17, 15) is 0 Å². The molecule has 0 spiro atoms. The van der Waals surface area contributed by atoms with Gasteiger partial charge in [-0.25, -0.2) is 0 Å². The van der Waals surface area contributed by atoms with Crippen LogP contribution in [-0.4, -0.2) is 23.8 Å². The summed E-state index contributed by atoms with van der Waals surface area (Å²) in [5.41, 5.74) is 0. The van der Waals surface area contributed by atoms with E-state index in [0.29, 0.717) is 0 Å². The van der Waals surface area contributed by atoms with Crippen LogP contribution in [-0.2, 0) is 8.69 Å². The highest BCUT2D eigenvalue weighted by Crippen LogP contribution is 2.39. The second-order valence-electron chi connectivity index (χ2n) is 8.32. The normalized spacial score (nSPS) is 14.8. The summed E-state index contributed by atoms with van der Waals surface area (Å²) in [5.74, 6) is 0. The second kappa shape index (κ2) is 5.43. The molecule has 0 saturated carbocycles. The Labute approximate surface area is 117 Å². The maximum absolute atomic E-state index is 6.28. The number of hydrogen-bond acceptors (Lipinski definition) is 2. The molecule has 0 rings (SSSR count). The fraction of sp³-hybridized carbons (Fsp3) is 1.00. The molecule has 0 saturated heterocycles. The average molecular weight is 288 g/mol. The molecule has 0 heterocycles. The molecule has 0 aromatic carbocycles. The highest BCUT2D eigenvalue weighted by atomic mass is 28.4. The summed E-state index contributed by atoms with van der Waals surface area (Å²) in [6.45, 7) is 24.7. The summed E-state index contributed by atoms with van der Waals surface area (Å²) in [7, 11) is -3.55. The Morgan fingerprint density at radius 2 is 0.889 bits per heavy atom. The zero-order valence-corrected chi connectivity index (χ0v) is 16.4. The molecule has 0 amide bonds. The molecule has 0 aromatic heterocycles. The van der Waals surface area contributed by atoms with Crippen LogP contribution in [0.4, 0.5) is 0 Å². The molecule has 5 heteroatoms. The van der Waals surface area contributed by atoms with Gasteiger partial charge in [0.05, 0.1) is 0 Å². The Morgan fingerprint density at radius 3 is 1.06 bits per heavy atom. The van der Waals surface area contributed by atoms with Crippen molar-refractivity contribution < 1.29 is 8.69 Å². The van der Waals surface area contributed by atoms with Gasteiger partial charge in [0, 0.05) is 0 Å². The summed E-state index contributed by atoms with van der Waals surface area (Å²) in [5, 5.41) is 0.468. The van der Waals surface area contributed by atoms with Crippen LogP contribution >= 0.6 is 0 Å². The number of rotatable bonds is 4. The van der Waals surface area contributed by atoms with Crippen molar-refractivity contribution in [2.45, 2.75) is 84.6 Å². The molecule has 0 aromatic rings. The van der Waals surface area contributed by atoms with E-state index < -0.39 is 16.6 Å². The van der Waals surface area contributed by atoms with Gasteiger partial charge in [0.25, 0.3) is 0 Å². The van der Waals surface area contributed by atoms with Crippen molar-refractivity contribution in [2.24, 2.45) is 0 Å². The predicted molar refractivity (Wildman–Crippen MR) is 88.2 cm³/mol. The molecular formula is C13H33BO2Si2. The minimum Gasteiger partial charge on any atom is -0.454 e. The molecule has 0 atom stereocenters. The lowest BCUT2D eigenvalue weighted by atomic mass is 9.98. The topological polar surface area (TPSA) is 18.5 Å². The maximum Gasteiger partial charge on any atom is 0.432 e. The first-order valence-electron chi connectivity index (χ1n) is 6.96. The van der Waals surface area contributed by atoms with Gasteiger partial charge in [-0.2, -0.15) is 0 Å². The fourth-order valence-electron chi connectivity index (χ4n) is 1.21. The van der Waals surface area contributed by atoms with Crippen LogP contribution in [0.2, 0.25) is 43.1 Å². The lowest BCUT2D eigenvalue weighted by Gasteiger charge is -2.42. The number of hydrogen-bond donors (Lipinski definition) is 0. The largest absolute Gasteiger partial charge is 0.454 e. The van der Waals surface area contributed by atoms with E-state index >= 15 is 0 Å². The summed E-state index contributed by atoms with van der Waals surface area (Å²) in [4.78, 5) is 0. The van der Waals surface area contributed by atoms with Gasteiger partial charge in [0.1, 0.15) is 0 Å². The van der Waals surface area contributed by atoms with Crippen molar-refractivity contribution in [2.75, 3.05) is 0 Å². The fourth-order valence-corrected chi connectivity index (χ4v) is 3.77. The molecular weight excluding hydrogens is 255 g/mol. The molecule has 0 bridgehead atoms. The van der Waals surface area contributed by atoms with Crippen molar-refractivity contribution in [1.29, 1.82) is 0 Å². The van der Waals surface area contributed by atoms with Crippen molar-refractivity contribution in [3.63, 3.8) is 0 Å². The van der Waals surface area contributed by atoms with Crippen LogP contribution in [0.25, 0.3) is 0 Å². The van der Waals surface area contributed by atoms with Gasteiger partial charge in [0.2, 0.25) is 0 Å². The highest BCUT2D eigenvalue weighted by Gasteiger charge is 2.43. The minimum atomic E-state index is -1.73. The molecule has 0 radical (unpaired) electrons. The van der Waals surface area contributed by atoms with Crippen LogP contribution in [0.5, 0.6) is 0 Å². The van der Waals surface area contributed by atoms with Crippen molar-refractivity contribution in [3.05, 3.63) is 0 Å². The van der Waals surface area contributed by atoms with Crippen molar-refractivity contribution >= 4 is 23.8 Å². The molecule has 0 fully saturated rings. The van der Waals surface area contributed by atoms with Gasteiger partial charge in [-0.3, -0.25) is 0 Å². The van der Waals surface area contributed by atoms with E-state index in [1.165, 1.54) is 0 Å². The Balaban J connectivity index is 4.69. The van der Waals surface area contributed by atoms with Gasteiger partial charge >= 0.3 is 7.12 Å². The smallest absolute Gasteiger partial charge is 0.432 e. The molecule has 0 aliphatic carbocycles. The van der Waals surface area contributed by atoms with E-state index in [4.69, 9.17) is 8.69 Å². The predicted octanol–water partition coefficient (Wildman–Crippen LogP) is 5.15. The third kappa shape index (κ3) is 4.83. The van der Waals surface area contributed by atoms with Crippen molar-refractivity contribution in [3.8, 4) is 0 Å². The third-order valence-electron chi connectivity index (χ3n) is 4.53. The lowest BCUT2D eigenvalue weighted by molar-refractivity contribution is 0.386. The van der Waals surface area contributed by atoms with Crippen LogP contribution < -0.4 is 0 Å². The van der Waals surface area contributed by atoms with E-state index in [1.807, 2.05) is 0 Å². The Bertz CT molecular complexity index is 250. The van der Waals surface area contributed by atoms with Gasteiger partial charge in [0.15, 0.2) is 16.6 Å². The lowest BCUT2D eigenvalue weighted by Crippen LogP contribution is -2.51. The summed E-state index contributed by atoms with van der Waals surface area (Å²) < 4.78 is 12.6. The minimum absolute atomic E-state index is 0.0909. The summed E-state index contributed by atoms with van der Waals surface area (Å²) in [6.07, 6.45) is 0. The van der Waals surface area contributed by atoms with Crippen LogP contribution in [0, 0.1) is 0 Å². The zero-order valence-electron chi connectivity index (χ0n) is 14.4.